The van der Waals surface area contributed by atoms with E-state index in [1.807, 2.05) is 19.3 Å². The molecule has 1 N–H and O–H groups in total. The van der Waals surface area contributed by atoms with Gasteiger partial charge in [0.05, 0.1) is 94.6 Å². The van der Waals surface area contributed by atoms with Crippen molar-refractivity contribution in [2.75, 3.05) is 135 Å². The second-order valence-corrected chi connectivity index (χ2v) is 21.6. The van der Waals surface area contributed by atoms with Crippen LogP contribution in [0.25, 0.3) is 21.7 Å². The van der Waals surface area contributed by atoms with E-state index >= 15 is 4.39 Å². The van der Waals surface area contributed by atoms with Gasteiger partial charge in [-0.2, -0.15) is 0 Å². The number of β-lactam (4-membered cyclic amide) rings is 2. The van der Waals surface area contributed by atoms with Crippen LogP contribution in [0.3, 0.4) is 0 Å². The molecule has 15 nitrogen and oxygen atoms in total. The first-order valence-electron chi connectivity index (χ1n) is 26.6. The number of aromatic nitrogens is 3. The highest BCUT2D eigenvalue weighted by Crippen LogP contribution is 2.53. The summed E-state index contributed by atoms with van der Waals surface area (Å²) in [4.78, 5) is 47.9. The van der Waals surface area contributed by atoms with Crippen molar-refractivity contribution in [2.24, 2.45) is 0 Å². The van der Waals surface area contributed by atoms with Crippen LogP contribution < -0.4 is 29.8 Å². The number of anilines is 7. The summed E-state index contributed by atoms with van der Waals surface area (Å²) in [5.74, 6) is -2.39. The molecular weight excluding hydrogens is 1020 g/mol. The molecule has 20 heteroatoms. The van der Waals surface area contributed by atoms with E-state index in [0.717, 1.165) is 126 Å². The molecule has 0 unspecified atom stereocenters. The Bertz CT molecular complexity index is 3310. The Hall–Kier alpha value is -6.38. The zero-order valence-corrected chi connectivity index (χ0v) is 43.9. The zero-order chi connectivity index (χ0) is 53.2. The molecule has 8 aliphatic rings. The minimum atomic E-state index is -0.753. The van der Waals surface area contributed by atoms with Crippen LogP contribution in [-0.4, -0.2) is 132 Å². The Morgan fingerprint density at radius 2 is 1.14 bits per heavy atom. The van der Waals surface area contributed by atoms with Gasteiger partial charge in [-0.15, -0.1) is 0 Å². The summed E-state index contributed by atoms with van der Waals surface area (Å²) in [5.41, 5.74) is 9.43. The number of halogens is 5. The van der Waals surface area contributed by atoms with Crippen molar-refractivity contribution >= 4 is 85.0 Å². The number of nitrogens with one attached hydrogen (secondary N) is 1. The average molecular weight is 1080 g/mol. The van der Waals surface area contributed by atoms with Crippen molar-refractivity contribution < 1.29 is 46.1 Å². The molecule has 0 atom stereocenters. The maximum absolute atomic E-state index is 15.6. The van der Waals surface area contributed by atoms with E-state index in [9.17, 15) is 22.8 Å². The molecule has 14 rings (SSSR count). The summed E-state index contributed by atoms with van der Waals surface area (Å²) in [7, 11) is 0. The number of pyridine rings is 3. The van der Waals surface area contributed by atoms with E-state index < -0.39 is 23.3 Å². The predicted octanol–water partition coefficient (Wildman–Crippen LogP) is 9.20. The Kier molecular flexibility index (Phi) is 13.9. The highest BCUT2D eigenvalue weighted by molar-refractivity contribution is 6.36. The lowest BCUT2D eigenvalue weighted by Crippen LogP contribution is -2.44. The lowest BCUT2D eigenvalue weighted by atomic mass is 9.78. The number of nitrogens with zero attached hydrogens (tertiary/aromatic N) is 8. The summed E-state index contributed by atoms with van der Waals surface area (Å²) in [5, 5.41) is 4.63. The van der Waals surface area contributed by atoms with Gasteiger partial charge in [0, 0.05) is 137 Å². The molecule has 2 spiro atoms. The van der Waals surface area contributed by atoms with Gasteiger partial charge in [0.2, 0.25) is 11.8 Å². The van der Waals surface area contributed by atoms with Crippen LogP contribution in [0, 0.1) is 37.1 Å². The number of rotatable bonds is 5. The first kappa shape index (κ1) is 51.4. The van der Waals surface area contributed by atoms with Crippen molar-refractivity contribution in [1.29, 1.82) is 0 Å². The quantitative estimate of drug-likeness (QED) is 0.130. The average Bonchev–Trinajstić information content (AvgIpc) is 4.12. The summed E-state index contributed by atoms with van der Waals surface area (Å²) < 4.78 is 79.2. The summed E-state index contributed by atoms with van der Waals surface area (Å²) in [6, 6.07) is 10.4. The van der Waals surface area contributed by atoms with Crippen molar-refractivity contribution in [2.45, 2.75) is 63.2 Å². The van der Waals surface area contributed by atoms with Crippen LogP contribution in [0.5, 0.6) is 0 Å². The molecule has 6 saturated heterocycles. The van der Waals surface area contributed by atoms with Crippen molar-refractivity contribution in [3.8, 4) is 0 Å². The first-order valence-corrected chi connectivity index (χ1v) is 27.0. The minimum absolute atomic E-state index is 0.0225. The lowest BCUT2D eigenvalue weighted by Gasteiger charge is -2.36. The van der Waals surface area contributed by atoms with E-state index in [4.69, 9.17) is 40.5 Å². The third kappa shape index (κ3) is 9.34. The van der Waals surface area contributed by atoms with Crippen LogP contribution in [-0.2, 0) is 39.4 Å². The number of benzene rings is 3. The zero-order valence-electron chi connectivity index (χ0n) is 43.2. The molecule has 6 aromatic rings. The third-order valence-corrected chi connectivity index (χ3v) is 17.2. The van der Waals surface area contributed by atoms with Gasteiger partial charge in [-0.1, -0.05) is 11.6 Å². The number of fused-ring (bicyclic) bond motifs is 6. The fourth-order valence-corrected chi connectivity index (χ4v) is 12.5. The Morgan fingerprint density at radius 1 is 0.584 bits per heavy atom. The van der Waals surface area contributed by atoms with Gasteiger partial charge >= 0.3 is 0 Å². The second-order valence-electron chi connectivity index (χ2n) is 21.2. The molecule has 3 aromatic carbocycles. The Labute approximate surface area is 448 Å². The van der Waals surface area contributed by atoms with E-state index in [-0.39, 0.29) is 38.6 Å². The van der Waals surface area contributed by atoms with Crippen LogP contribution in [0.15, 0.2) is 54.9 Å². The molecule has 0 radical (unpaired) electrons. The highest BCUT2D eigenvalue weighted by Gasteiger charge is 2.47. The van der Waals surface area contributed by atoms with E-state index in [1.165, 1.54) is 28.0 Å². The minimum Gasteiger partial charge on any atom is -0.383 e. The van der Waals surface area contributed by atoms with Crippen LogP contribution >= 0.6 is 11.6 Å². The molecule has 0 aliphatic carbocycles. The number of morpholine rings is 2. The van der Waals surface area contributed by atoms with Gasteiger partial charge < -0.3 is 43.9 Å². The number of hydrogen-bond acceptors (Lipinski definition) is 13. The topological polar surface area (TPSA) is 138 Å². The first-order chi connectivity index (χ1) is 37.3. The van der Waals surface area contributed by atoms with Gasteiger partial charge in [-0.25, -0.2) is 22.5 Å². The molecule has 11 heterocycles. The molecule has 2 amide bonds. The van der Waals surface area contributed by atoms with Crippen LogP contribution in [0.2, 0.25) is 5.02 Å². The third-order valence-electron chi connectivity index (χ3n) is 16.8. The molecule has 0 saturated carbocycles. The molecule has 8 aliphatic heterocycles. The molecule has 6 fully saturated rings. The molecular formula is C57H60ClF4N9O6. The highest BCUT2D eigenvalue weighted by atomic mass is 35.5. The van der Waals surface area contributed by atoms with Gasteiger partial charge in [0.25, 0.3) is 0 Å². The van der Waals surface area contributed by atoms with Gasteiger partial charge in [0.15, 0.2) is 0 Å². The van der Waals surface area contributed by atoms with E-state index in [2.05, 4.69) is 37.1 Å². The van der Waals surface area contributed by atoms with Crippen LogP contribution in [0.1, 0.15) is 61.0 Å². The SMILES string of the molecule is Cc1c(N2CCC2=O)cc2cc(F)cc(F)c2c1N1CC2(CCOCC2)c2ncc(N3CCOCC3)cc21.Cc1c(N2CCC2=O)nc2cc(F)cc(F)c2c1Cl.c1nc2c(cc1N1CCOCC1)NCC21CCOCC1. The fourth-order valence-electron chi connectivity index (χ4n) is 12.3. The Balaban J connectivity index is 0.000000128. The smallest absolute Gasteiger partial charge is 0.229 e. The number of hydrogen-bond donors (Lipinski definition) is 1. The standard InChI is InChI=1S/C29H30F2N4O3.C15H21N3O2.C13H9ClF2N2O/c1-18-23(34-5-2-25(34)36)13-19-12-20(30)14-22(31)26(19)27(18)35-17-29(3-8-37-9-4-29)28-24(35)15-21(16-32-28)33-6-10-38-11-7-33;1-5-19-6-2-15(1)11-17-13-9-12(10-16-14(13)15)18-3-7-20-8-4-18;1-6-12(14)11-8(16)4-7(15)5-9(11)17-13(6)18-3-2-10(18)19/h12-16H,2-11,17H2,1H3;9-10,17H,1-8,11H2;4-5H,2-3H2,1H3. The fraction of sp³-hybridized carbons (Fsp3) is 0.456. The van der Waals surface area contributed by atoms with Gasteiger partial charge in [0.1, 0.15) is 29.1 Å². The molecule has 3 aromatic heterocycles. The Morgan fingerprint density at radius 3 is 1.74 bits per heavy atom. The maximum Gasteiger partial charge on any atom is 0.229 e. The van der Waals surface area contributed by atoms with E-state index in [0.29, 0.717) is 92.4 Å². The monoisotopic (exact) mass is 1080 g/mol. The number of carbonyl (C=O) groups excluding carboxylic acids is 2. The second kappa shape index (κ2) is 20.8. The lowest BCUT2D eigenvalue weighted by molar-refractivity contribution is -0.122. The number of amides is 2. The van der Waals surface area contributed by atoms with Crippen molar-refractivity contribution in [1.82, 2.24) is 15.0 Å². The van der Waals surface area contributed by atoms with Gasteiger partial charge in [-0.05, 0) is 74.7 Å². The number of carbonyl (C=O) groups is 2. The largest absolute Gasteiger partial charge is 0.383 e. The summed E-state index contributed by atoms with van der Waals surface area (Å²) in [6.45, 7) is 15.8. The normalized spacial score (nSPS) is 20.3. The van der Waals surface area contributed by atoms with Crippen molar-refractivity contribution in [3.05, 3.63) is 106 Å². The van der Waals surface area contributed by atoms with Crippen LogP contribution in [0.4, 0.5) is 57.5 Å². The van der Waals surface area contributed by atoms with E-state index in [1.54, 1.807) is 17.9 Å². The van der Waals surface area contributed by atoms with Crippen molar-refractivity contribution in [3.63, 3.8) is 0 Å². The maximum atomic E-state index is 15.6. The molecule has 0 bridgehead atoms. The molecule has 404 valence electrons. The van der Waals surface area contributed by atoms with Gasteiger partial charge in [-0.3, -0.25) is 24.5 Å². The molecule has 77 heavy (non-hydrogen) atoms. The predicted molar refractivity (Wildman–Crippen MR) is 287 cm³/mol. The number of ether oxygens (including phenoxy) is 4. The summed E-state index contributed by atoms with van der Waals surface area (Å²) in [6.07, 6.45) is 8.71. The summed E-state index contributed by atoms with van der Waals surface area (Å²) >= 11 is 6.12.